The smallest absolute Gasteiger partial charge is 0.157 e. The molecule has 0 aromatic carbocycles. The standard InChI is InChI=1S/C10H15N3S2/c1-7-4-11-8(15-7)5-12-9-13-10(2,3)6-14-9/h4H,5-6H2,1-3H3,(H,12,13). The monoisotopic (exact) mass is 241 g/mol. The van der Waals surface area contributed by atoms with Gasteiger partial charge in [0.25, 0.3) is 0 Å². The van der Waals surface area contributed by atoms with Crippen molar-refractivity contribution in [3.63, 3.8) is 0 Å². The highest BCUT2D eigenvalue weighted by molar-refractivity contribution is 8.14. The van der Waals surface area contributed by atoms with E-state index in [-0.39, 0.29) is 5.54 Å². The van der Waals surface area contributed by atoms with Gasteiger partial charge in [0.05, 0.1) is 6.54 Å². The van der Waals surface area contributed by atoms with E-state index in [2.05, 4.69) is 36.1 Å². The lowest BCUT2D eigenvalue weighted by Gasteiger charge is -2.15. The fourth-order valence-electron chi connectivity index (χ4n) is 1.31. The van der Waals surface area contributed by atoms with Crippen molar-refractivity contribution >= 4 is 28.3 Å². The van der Waals surface area contributed by atoms with Gasteiger partial charge in [-0.3, -0.25) is 4.99 Å². The van der Waals surface area contributed by atoms with Crippen LogP contribution >= 0.6 is 23.1 Å². The summed E-state index contributed by atoms with van der Waals surface area (Å²) in [6.07, 6.45) is 1.90. The van der Waals surface area contributed by atoms with Crippen molar-refractivity contribution < 1.29 is 0 Å². The summed E-state index contributed by atoms with van der Waals surface area (Å²) in [6, 6.07) is 0. The molecule has 0 unspecified atom stereocenters. The zero-order valence-corrected chi connectivity index (χ0v) is 10.8. The Hall–Kier alpha value is -0.550. The second-order valence-electron chi connectivity index (χ2n) is 4.28. The second-order valence-corrected chi connectivity index (χ2v) is 6.57. The van der Waals surface area contributed by atoms with Crippen molar-refractivity contribution in [1.29, 1.82) is 0 Å². The molecule has 1 aromatic rings. The van der Waals surface area contributed by atoms with Crippen molar-refractivity contribution in [2.45, 2.75) is 32.9 Å². The molecule has 82 valence electrons. The molecule has 2 rings (SSSR count). The van der Waals surface area contributed by atoms with E-state index in [1.165, 1.54) is 4.88 Å². The Bertz CT molecular complexity index is 382. The van der Waals surface area contributed by atoms with Crippen LogP contribution in [0.5, 0.6) is 0 Å². The number of hydrogen-bond acceptors (Lipinski definition) is 4. The molecule has 1 saturated heterocycles. The van der Waals surface area contributed by atoms with Gasteiger partial charge in [-0.2, -0.15) is 0 Å². The first-order valence-electron chi connectivity index (χ1n) is 4.92. The Morgan fingerprint density at radius 1 is 1.60 bits per heavy atom. The Morgan fingerprint density at radius 2 is 2.40 bits per heavy atom. The summed E-state index contributed by atoms with van der Waals surface area (Å²) in [6.45, 7) is 7.15. The predicted molar refractivity (Wildman–Crippen MR) is 67.7 cm³/mol. The highest BCUT2D eigenvalue weighted by Gasteiger charge is 2.27. The van der Waals surface area contributed by atoms with Crippen LogP contribution in [0.4, 0.5) is 0 Å². The lowest BCUT2D eigenvalue weighted by Crippen LogP contribution is -2.36. The normalized spacial score (nSPS) is 21.9. The zero-order chi connectivity index (χ0) is 10.9. The first kappa shape index (κ1) is 11.0. The number of hydrogen-bond donors (Lipinski definition) is 1. The van der Waals surface area contributed by atoms with Crippen LogP contribution in [-0.2, 0) is 6.54 Å². The highest BCUT2D eigenvalue weighted by Crippen LogP contribution is 2.22. The third kappa shape index (κ3) is 2.95. The predicted octanol–water partition coefficient (Wildman–Crippen LogP) is 2.42. The van der Waals surface area contributed by atoms with Crippen molar-refractivity contribution in [3.05, 3.63) is 16.1 Å². The third-order valence-corrected chi connectivity index (χ3v) is 4.31. The SMILES string of the molecule is Cc1cnc(CN=C2NC(C)(C)CS2)s1. The number of aromatic nitrogens is 1. The first-order chi connectivity index (χ1) is 7.05. The maximum Gasteiger partial charge on any atom is 0.157 e. The molecule has 3 nitrogen and oxygen atoms in total. The van der Waals surface area contributed by atoms with Gasteiger partial charge in [-0.05, 0) is 20.8 Å². The van der Waals surface area contributed by atoms with Crippen molar-refractivity contribution in [1.82, 2.24) is 10.3 Å². The van der Waals surface area contributed by atoms with Crippen LogP contribution < -0.4 is 5.32 Å². The summed E-state index contributed by atoms with van der Waals surface area (Å²) in [5.41, 5.74) is 0.183. The quantitative estimate of drug-likeness (QED) is 0.864. The molecule has 0 bridgehead atoms. The van der Waals surface area contributed by atoms with Gasteiger partial charge >= 0.3 is 0 Å². The Kier molecular flexibility index (Phi) is 3.02. The van der Waals surface area contributed by atoms with Crippen LogP contribution in [0.1, 0.15) is 23.7 Å². The fraction of sp³-hybridized carbons (Fsp3) is 0.600. The lowest BCUT2D eigenvalue weighted by atomic mass is 10.1. The van der Waals surface area contributed by atoms with Gasteiger partial charge in [-0.1, -0.05) is 11.8 Å². The van der Waals surface area contributed by atoms with Gasteiger partial charge < -0.3 is 5.32 Å². The lowest BCUT2D eigenvalue weighted by molar-refractivity contribution is 0.536. The Balaban J connectivity index is 1.95. The molecule has 1 fully saturated rings. The minimum Gasteiger partial charge on any atom is -0.359 e. The summed E-state index contributed by atoms with van der Waals surface area (Å²) < 4.78 is 0. The van der Waals surface area contributed by atoms with E-state index in [1.54, 1.807) is 23.1 Å². The molecule has 0 amide bonds. The molecular weight excluding hydrogens is 226 g/mol. The number of nitrogens with one attached hydrogen (secondary N) is 1. The second kappa shape index (κ2) is 4.14. The van der Waals surface area contributed by atoms with E-state index in [9.17, 15) is 0 Å². The maximum atomic E-state index is 4.52. The minimum atomic E-state index is 0.183. The van der Waals surface area contributed by atoms with E-state index in [4.69, 9.17) is 0 Å². The molecular formula is C10H15N3S2. The number of thiazole rings is 1. The number of rotatable bonds is 2. The summed E-state index contributed by atoms with van der Waals surface area (Å²) in [5.74, 6) is 1.09. The Labute approximate surface area is 98.4 Å². The van der Waals surface area contributed by atoms with Crippen LogP contribution in [-0.4, -0.2) is 21.4 Å². The molecule has 1 N–H and O–H groups in total. The largest absolute Gasteiger partial charge is 0.359 e. The van der Waals surface area contributed by atoms with Crippen molar-refractivity contribution in [3.8, 4) is 0 Å². The molecule has 0 saturated carbocycles. The number of aliphatic imine (C=N–C) groups is 1. The average molecular weight is 241 g/mol. The first-order valence-corrected chi connectivity index (χ1v) is 6.72. The minimum absolute atomic E-state index is 0.183. The van der Waals surface area contributed by atoms with Crippen molar-refractivity contribution in [2.75, 3.05) is 5.75 Å². The molecule has 1 aromatic heterocycles. The van der Waals surface area contributed by atoms with Gasteiger partial charge in [0.2, 0.25) is 0 Å². The Morgan fingerprint density at radius 3 is 2.93 bits per heavy atom. The van der Waals surface area contributed by atoms with Crippen LogP contribution in [0, 0.1) is 6.92 Å². The van der Waals surface area contributed by atoms with E-state index >= 15 is 0 Å². The summed E-state index contributed by atoms with van der Waals surface area (Å²) >= 11 is 3.51. The highest BCUT2D eigenvalue weighted by atomic mass is 32.2. The van der Waals surface area contributed by atoms with Crippen LogP contribution in [0.15, 0.2) is 11.2 Å². The average Bonchev–Trinajstić information content (AvgIpc) is 2.69. The van der Waals surface area contributed by atoms with Crippen LogP contribution in [0.25, 0.3) is 0 Å². The van der Waals surface area contributed by atoms with Crippen LogP contribution in [0.2, 0.25) is 0 Å². The maximum absolute atomic E-state index is 4.52. The number of amidine groups is 1. The molecule has 15 heavy (non-hydrogen) atoms. The number of nitrogens with zero attached hydrogens (tertiary/aromatic N) is 2. The topological polar surface area (TPSA) is 37.3 Å². The van der Waals surface area contributed by atoms with E-state index < -0.39 is 0 Å². The summed E-state index contributed by atoms with van der Waals surface area (Å²) in [4.78, 5) is 10.1. The van der Waals surface area contributed by atoms with E-state index in [0.717, 1.165) is 15.9 Å². The zero-order valence-electron chi connectivity index (χ0n) is 9.20. The molecule has 0 atom stereocenters. The van der Waals surface area contributed by atoms with E-state index in [0.29, 0.717) is 6.54 Å². The van der Waals surface area contributed by atoms with Gasteiger partial charge in [0.1, 0.15) is 5.01 Å². The third-order valence-electron chi connectivity index (χ3n) is 2.04. The number of thioether (sulfide) groups is 1. The van der Waals surface area contributed by atoms with Gasteiger partial charge in [-0.25, -0.2) is 4.98 Å². The molecule has 0 spiro atoms. The van der Waals surface area contributed by atoms with Gasteiger partial charge in [0.15, 0.2) is 5.17 Å². The molecule has 2 heterocycles. The van der Waals surface area contributed by atoms with Crippen LogP contribution in [0.3, 0.4) is 0 Å². The summed E-state index contributed by atoms with van der Waals surface area (Å²) in [5, 5.41) is 5.54. The summed E-state index contributed by atoms with van der Waals surface area (Å²) in [7, 11) is 0. The number of aryl methyl sites for hydroxylation is 1. The molecule has 0 radical (unpaired) electrons. The van der Waals surface area contributed by atoms with Gasteiger partial charge in [0, 0.05) is 22.4 Å². The van der Waals surface area contributed by atoms with Gasteiger partial charge in [-0.15, -0.1) is 11.3 Å². The molecule has 0 aliphatic carbocycles. The molecule has 1 aliphatic heterocycles. The van der Waals surface area contributed by atoms with Crippen molar-refractivity contribution in [2.24, 2.45) is 4.99 Å². The fourth-order valence-corrected chi connectivity index (χ4v) is 3.10. The molecule has 5 heteroatoms. The van der Waals surface area contributed by atoms with E-state index in [1.807, 2.05) is 6.20 Å². The molecule has 1 aliphatic rings.